The minimum atomic E-state index is -0.213. The van der Waals surface area contributed by atoms with Gasteiger partial charge in [0, 0.05) is 12.0 Å². The molecule has 1 aliphatic heterocycles. The number of fused-ring (bicyclic) bond motifs is 1. The molecule has 1 aromatic rings. The van der Waals surface area contributed by atoms with Crippen LogP contribution < -0.4 is 4.74 Å². The highest BCUT2D eigenvalue weighted by atomic mass is 16.5. The maximum Gasteiger partial charge on any atom is 0.120 e. The number of rotatable bonds is 3. The van der Waals surface area contributed by atoms with Gasteiger partial charge in [-0.1, -0.05) is 26.0 Å². The highest BCUT2D eigenvalue weighted by Gasteiger charge is 2.67. The van der Waals surface area contributed by atoms with Crippen molar-refractivity contribution in [3.8, 4) is 5.75 Å². The summed E-state index contributed by atoms with van der Waals surface area (Å²) in [5, 5.41) is 11.1. The summed E-state index contributed by atoms with van der Waals surface area (Å²) in [6.07, 6.45) is 3.37. The Hall–Kier alpha value is -1.06. The van der Waals surface area contributed by atoms with Crippen LogP contribution in [-0.2, 0) is 4.74 Å². The van der Waals surface area contributed by atoms with Crippen molar-refractivity contribution in [3.63, 3.8) is 0 Å². The van der Waals surface area contributed by atoms with Crippen LogP contribution in [0.1, 0.15) is 58.6 Å². The highest BCUT2D eigenvalue weighted by Crippen LogP contribution is 2.70. The fourth-order valence-electron chi connectivity index (χ4n) is 5.79. The number of aliphatic hydroxyl groups is 1. The molecule has 1 heterocycles. The molecule has 3 heteroatoms. The van der Waals surface area contributed by atoms with Crippen molar-refractivity contribution < 1.29 is 14.6 Å². The predicted molar refractivity (Wildman–Crippen MR) is 94.0 cm³/mol. The fourth-order valence-corrected chi connectivity index (χ4v) is 5.79. The minimum Gasteiger partial charge on any atom is -0.491 e. The van der Waals surface area contributed by atoms with Crippen molar-refractivity contribution in [2.45, 2.75) is 65.3 Å². The minimum absolute atomic E-state index is 0.0427. The summed E-state index contributed by atoms with van der Waals surface area (Å²) in [4.78, 5) is 0. The first kappa shape index (κ1) is 16.4. The molecular formula is C21H30O3. The SMILES string of the molecule is CC(C)Oc1cccc([C@H]2OCCC34C[C@@H](C[C@H]23)C(C)(C)[C@H]4O)c1. The first-order chi connectivity index (χ1) is 11.3. The molecular weight excluding hydrogens is 300 g/mol. The van der Waals surface area contributed by atoms with Crippen molar-refractivity contribution in [1.29, 1.82) is 0 Å². The van der Waals surface area contributed by atoms with E-state index in [1.807, 2.05) is 19.9 Å². The molecule has 3 aliphatic rings. The Morgan fingerprint density at radius 2 is 2.08 bits per heavy atom. The van der Waals surface area contributed by atoms with Gasteiger partial charge in [-0.2, -0.15) is 0 Å². The Morgan fingerprint density at radius 1 is 1.29 bits per heavy atom. The summed E-state index contributed by atoms with van der Waals surface area (Å²) >= 11 is 0. The van der Waals surface area contributed by atoms with Crippen molar-refractivity contribution in [2.75, 3.05) is 6.61 Å². The molecule has 2 aliphatic carbocycles. The van der Waals surface area contributed by atoms with E-state index < -0.39 is 0 Å². The summed E-state index contributed by atoms with van der Waals surface area (Å²) in [7, 11) is 0. The summed E-state index contributed by atoms with van der Waals surface area (Å²) < 4.78 is 12.1. The predicted octanol–water partition coefficient (Wildman–Crippen LogP) is 4.35. The largest absolute Gasteiger partial charge is 0.491 e. The van der Waals surface area contributed by atoms with Gasteiger partial charge in [-0.25, -0.2) is 0 Å². The molecule has 2 saturated carbocycles. The van der Waals surface area contributed by atoms with Crippen LogP contribution in [0.2, 0.25) is 0 Å². The number of ether oxygens (including phenoxy) is 2. The molecule has 1 unspecified atom stereocenters. The maximum absolute atomic E-state index is 11.1. The van der Waals surface area contributed by atoms with Gasteiger partial charge in [0.2, 0.25) is 0 Å². The molecule has 4 rings (SSSR count). The topological polar surface area (TPSA) is 38.7 Å². The van der Waals surface area contributed by atoms with Crippen LogP contribution in [0.5, 0.6) is 5.75 Å². The van der Waals surface area contributed by atoms with E-state index >= 15 is 0 Å². The van der Waals surface area contributed by atoms with Crippen LogP contribution in [0, 0.1) is 22.7 Å². The Bertz CT molecular complexity index is 623. The van der Waals surface area contributed by atoms with E-state index in [9.17, 15) is 5.11 Å². The second-order valence-electron chi connectivity index (χ2n) is 8.98. The fraction of sp³-hybridized carbons (Fsp3) is 0.714. The lowest BCUT2D eigenvalue weighted by molar-refractivity contribution is -0.164. The lowest BCUT2D eigenvalue weighted by Crippen LogP contribution is -2.51. The molecule has 0 aromatic heterocycles. The number of benzene rings is 1. The normalized spacial score (nSPS) is 39.9. The van der Waals surface area contributed by atoms with E-state index in [1.54, 1.807) is 0 Å². The Balaban J connectivity index is 1.65. The van der Waals surface area contributed by atoms with Gasteiger partial charge in [0.25, 0.3) is 0 Å². The molecule has 0 amide bonds. The summed E-state index contributed by atoms with van der Waals surface area (Å²) in [5.74, 6) is 1.94. The van der Waals surface area contributed by atoms with E-state index in [-0.39, 0.29) is 29.1 Å². The van der Waals surface area contributed by atoms with Gasteiger partial charge < -0.3 is 14.6 Å². The smallest absolute Gasteiger partial charge is 0.120 e. The zero-order chi connectivity index (χ0) is 17.1. The zero-order valence-electron chi connectivity index (χ0n) is 15.3. The maximum atomic E-state index is 11.1. The summed E-state index contributed by atoms with van der Waals surface area (Å²) in [6, 6.07) is 8.36. The van der Waals surface area contributed by atoms with Crippen molar-refractivity contribution in [1.82, 2.24) is 0 Å². The van der Waals surface area contributed by atoms with Crippen LogP contribution in [0.25, 0.3) is 0 Å². The Kier molecular flexibility index (Phi) is 3.74. The standard InChI is InChI=1S/C21H30O3/c1-13(2)24-16-7-5-6-14(10-16)18-17-11-15-12-21(17,8-9-23-18)19(22)20(15,3)4/h5-7,10,13,15,17-19,22H,8-9,11-12H2,1-4H3/t15-,17-,18-,19-,21?/m1/s1. The average Bonchev–Trinajstić information content (AvgIpc) is 3.01. The van der Waals surface area contributed by atoms with E-state index in [1.165, 1.54) is 12.0 Å². The second kappa shape index (κ2) is 5.47. The first-order valence-electron chi connectivity index (χ1n) is 9.41. The zero-order valence-corrected chi connectivity index (χ0v) is 15.3. The molecule has 5 atom stereocenters. The molecule has 1 spiro atoms. The third-order valence-electron chi connectivity index (χ3n) is 6.99. The molecule has 1 N–H and O–H groups in total. The molecule has 24 heavy (non-hydrogen) atoms. The summed E-state index contributed by atoms with van der Waals surface area (Å²) in [5.41, 5.74) is 1.29. The van der Waals surface area contributed by atoms with Crippen LogP contribution in [-0.4, -0.2) is 23.9 Å². The van der Waals surface area contributed by atoms with Crippen LogP contribution in [0.4, 0.5) is 0 Å². The molecule has 1 saturated heterocycles. The van der Waals surface area contributed by atoms with Crippen molar-refractivity contribution >= 4 is 0 Å². The molecule has 3 fully saturated rings. The average molecular weight is 330 g/mol. The quantitative estimate of drug-likeness (QED) is 0.895. The lowest BCUT2D eigenvalue weighted by Gasteiger charge is -2.51. The van der Waals surface area contributed by atoms with Gasteiger partial charge in [0.05, 0.1) is 18.3 Å². The van der Waals surface area contributed by atoms with Gasteiger partial charge in [0.15, 0.2) is 0 Å². The molecule has 0 radical (unpaired) electrons. The van der Waals surface area contributed by atoms with E-state index in [0.29, 0.717) is 11.8 Å². The number of aliphatic hydroxyl groups excluding tert-OH is 1. The molecule has 132 valence electrons. The van der Waals surface area contributed by atoms with Gasteiger partial charge in [-0.05, 0) is 68.1 Å². The van der Waals surface area contributed by atoms with Gasteiger partial charge >= 0.3 is 0 Å². The Labute approximate surface area is 145 Å². The lowest BCUT2D eigenvalue weighted by atomic mass is 9.60. The third-order valence-corrected chi connectivity index (χ3v) is 6.99. The van der Waals surface area contributed by atoms with E-state index in [0.717, 1.165) is 25.2 Å². The molecule has 2 bridgehead atoms. The monoisotopic (exact) mass is 330 g/mol. The molecule has 1 aromatic carbocycles. The number of hydrogen-bond donors (Lipinski definition) is 1. The summed E-state index contributed by atoms with van der Waals surface area (Å²) in [6.45, 7) is 9.33. The third kappa shape index (κ3) is 2.24. The Morgan fingerprint density at radius 3 is 2.79 bits per heavy atom. The van der Waals surface area contributed by atoms with E-state index in [4.69, 9.17) is 9.47 Å². The second-order valence-corrected chi connectivity index (χ2v) is 8.98. The van der Waals surface area contributed by atoms with Crippen molar-refractivity contribution in [3.05, 3.63) is 29.8 Å². The van der Waals surface area contributed by atoms with Gasteiger partial charge in [-0.3, -0.25) is 0 Å². The van der Waals surface area contributed by atoms with Crippen LogP contribution in [0.15, 0.2) is 24.3 Å². The number of hydrogen-bond acceptors (Lipinski definition) is 3. The van der Waals surface area contributed by atoms with Gasteiger partial charge in [0.1, 0.15) is 5.75 Å². The first-order valence-corrected chi connectivity index (χ1v) is 9.41. The highest BCUT2D eigenvalue weighted by molar-refractivity contribution is 5.32. The van der Waals surface area contributed by atoms with Crippen LogP contribution >= 0.6 is 0 Å². The van der Waals surface area contributed by atoms with Crippen LogP contribution in [0.3, 0.4) is 0 Å². The van der Waals surface area contributed by atoms with Gasteiger partial charge in [-0.15, -0.1) is 0 Å². The van der Waals surface area contributed by atoms with Crippen molar-refractivity contribution in [2.24, 2.45) is 22.7 Å². The molecule has 3 nitrogen and oxygen atoms in total. The van der Waals surface area contributed by atoms with E-state index in [2.05, 4.69) is 32.0 Å².